The zero-order valence-electron chi connectivity index (χ0n) is 8.57. The highest BCUT2D eigenvalue weighted by Crippen LogP contribution is 2.15. The molecule has 0 fully saturated rings. The monoisotopic (exact) mass is 255 g/mol. The summed E-state index contributed by atoms with van der Waals surface area (Å²) in [6.45, 7) is 0.597. The first-order chi connectivity index (χ1) is 7.78. The second-order valence-electron chi connectivity index (χ2n) is 2.97. The molecule has 0 atom stereocenters. The topological polar surface area (TPSA) is 62.7 Å². The summed E-state index contributed by atoms with van der Waals surface area (Å²) in [5.41, 5.74) is 0.952. The molecule has 2 heterocycles. The standard InChI is InChI=1S/C9H10ClN5S/c1-11-9-15-7(5-16-9)4-14-8-12-2-6(10)3-13-8/h2-3,5H,4H2,1H3,(H,11,15)(H,12,13,14). The van der Waals surface area contributed by atoms with Crippen LogP contribution in [-0.2, 0) is 6.54 Å². The summed E-state index contributed by atoms with van der Waals surface area (Å²) in [6.07, 6.45) is 3.11. The highest BCUT2D eigenvalue weighted by Gasteiger charge is 2.01. The van der Waals surface area contributed by atoms with Crippen molar-refractivity contribution in [3.8, 4) is 0 Å². The zero-order chi connectivity index (χ0) is 11.4. The van der Waals surface area contributed by atoms with Crippen LogP contribution in [-0.4, -0.2) is 22.0 Å². The van der Waals surface area contributed by atoms with E-state index in [1.54, 1.807) is 23.7 Å². The number of thiazole rings is 1. The van der Waals surface area contributed by atoms with Crippen LogP contribution in [0.2, 0.25) is 5.02 Å². The van der Waals surface area contributed by atoms with Crippen LogP contribution in [0.3, 0.4) is 0 Å². The second kappa shape index (κ2) is 5.09. The first kappa shape index (κ1) is 11.1. The highest BCUT2D eigenvalue weighted by atomic mass is 35.5. The van der Waals surface area contributed by atoms with Crippen LogP contribution >= 0.6 is 22.9 Å². The quantitative estimate of drug-likeness (QED) is 0.877. The Kier molecular flexibility index (Phi) is 3.53. The third kappa shape index (κ3) is 2.80. The van der Waals surface area contributed by atoms with Gasteiger partial charge in [0.25, 0.3) is 0 Å². The van der Waals surface area contributed by atoms with Gasteiger partial charge in [-0.1, -0.05) is 11.6 Å². The lowest BCUT2D eigenvalue weighted by molar-refractivity contribution is 1.02. The summed E-state index contributed by atoms with van der Waals surface area (Å²) in [6, 6.07) is 0. The van der Waals surface area contributed by atoms with Gasteiger partial charge in [-0.2, -0.15) is 0 Å². The van der Waals surface area contributed by atoms with Gasteiger partial charge < -0.3 is 10.6 Å². The van der Waals surface area contributed by atoms with Gasteiger partial charge in [-0.3, -0.25) is 0 Å². The van der Waals surface area contributed by atoms with E-state index >= 15 is 0 Å². The van der Waals surface area contributed by atoms with Crippen LogP contribution in [0.15, 0.2) is 17.8 Å². The van der Waals surface area contributed by atoms with Crippen molar-refractivity contribution in [2.75, 3.05) is 17.7 Å². The Balaban J connectivity index is 1.94. The molecule has 0 aliphatic carbocycles. The molecule has 2 aromatic rings. The van der Waals surface area contributed by atoms with Crippen molar-refractivity contribution in [2.45, 2.75) is 6.54 Å². The lowest BCUT2D eigenvalue weighted by Crippen LogP contribution is -2.03. The highest BCUT2D eigenvalue weighted by molar-refractivity contribution is 7.13. The maximum absolute atomic E-state index is 5.68. The molecule has 16 heavy (non-hydrogen) atoms. The molecule has 0 amide bonds. The predicted octanol–water partition coefficient (Wildman–Crippen LogP) is 2.24. The fourth-order valence-corrected chi connectivity index (χ4v) is 1.85. The molecule has 0 spiro atoms. The number of halogens is 1. The molecule has 0 bridgehead atoms. The minimum Gasteiger partial charge on any atom is -0.365 e. The van der Waals surface area contributed by atoms with E-state index in [4.69, 9.17) is 11.6 Å². The Bertz CT molecular complexity index is 455. The van der Waals surface area contributed by atoms with Gasteiger partial charge >= 0.3 is 0 Å². The van der Waals surface area contributed by atoms with Gasteiger partial charge in [0, 0.05) is 12.4 Å². The Morgan fingerprint density at radius 1 is 1.38 bits per heavy atom. The molecule has 2 N–H and O–H groups in total. The molecule has 0 saturated heterocycles. The first-order valence-corrected chi connectivity index (χ1v) is 5.87. The van der Waals surface area contributed by atoms with E-state index in [0.717, 1.165) is 10.8 Å². The van der Waals surface area contributed by atoms with Crippen LogP contribution in [0, 0.1) is 0 Å². The summed E-state index contributed by atoms with van der Waals surface area (Å²) in [7, 11) is 1.85. The number of hydrogen-bond acceptors (Lipinski definition) is 6. The molecule has 0 aliphatic rings. The largest absolute Gasteiger partial charge is 0.365 e. The number of nitrogens with one attached hydrogen (secondary N) is 2. The average molecular weight is 256 g/mol. The third-order valence-electron chi connectivity index (χ3n) is 1.81. The van der Waals surface area contributed by atoms with Crippen molar-refractivity contribution in [3.63, 3.8) is 0 Å². The Labute approximate surface area is 102 Å². The molecule has 0 aliphatic heterocycles. The molecule has 0 radical (unpaired) electrons. The maximum Gasteiger partial charge on any atom is 0.222 e. The molecule has 84 valence electrons. The van der Waals surface area contributed by atoms with Crippen molar-refractivity contribution in [1.29, 1.82) is 0 Å². The maximum atomic E-state index is 5.68. The number of hydrogen-bond donors (Lipinski definition) is 2. The molecule has 0 saturated carbocycles. The smallest absolute Gasteiger partial charge is 0.222 e. The number of nitrogens with zero attached hydrogens (tertiary/aromatic N) is 3. The van der Waals surface area contributed by atoms with Gasteiger partial charge in [-0.25, -0.2) is 15.0 Å². The Morgan fingerprint density at radius 3 is 2.75 bits per heavy atom. The van der Waals surface area contributed by atoms with Crippen molar-refractivity contribution in [2.24, 2.45) is 0 Å². The summed E-state index contributed by atoms with van der Waals surface area (Å²) >= 11 is 7.24. The molecular formula is C9H10ClN5S. The van der Waals surface area contributed by atoms with Crippen molar-refractivity contribution in [3.05, 3.63) is 28.5 Å². The number of rotatable bonds is 4. The lowest BCUT2D eigenvalue weighted by Gasteiger charge is -2.01. The summed E-state index contributed by atoms with van der Waals surface area (Å²) in [5, 5.41) is 9.45. The summed E-state index contributed by atoms with van der Waals surface area (Å²) in [4.78, 5) is 12.4. The van der Waals surface area contributed by atoms with Crippen LogP contribution in [0.25, 0.3) is 0 Å². The summed E-state index contributed by atoms with van der Waals surface area (Å²) < 4.78 is 0. The van der Waals surface area contributed by atoms with E-state index in [-0.39, 0.29) is 0 Å². The minimum absolute atomic E-state index is 0.525. The van der Waals surface area contributed by atoms with E-state index in [1.807, 2.05) is 12.4 Å². The van der Waals surface area contributed by atoms with Crippen molar-refractivity contribution in [1.82, 2.24) is 15.0 Å². The predicted molar refractivity (Wildman–Crippen MR) is 66.0 cm³/mol. The Morgan fingerprint density at radius 2 is 2.12 bits per heavy atom. The Hall–Kier alpha value is -1.40. The molecule has 2 aromatic heterocycles. The minimum atomic E-state index is 0.525. The van der Waals surface area contributed by atoms with Crippen LogP contribution < -0.4 is 10.6 Å². The SMILES string of the molecule is CNc1nc(CNc2ncc(Cl)cn2)cs1. The normalized spacial score (nSPS) is 10.1. The second-order valence-corrected chi connectivity index (χ2v) is 4.27. The van der Waals surface area contributed by atoms with Crippen molar-refractivity contribution < 1.29 is 0 Å². The number of aromatic nitrogens is 3. The zero-order valence-corrected chi connectivity index (χ0v) is 10.1. The molecular weight excluding hydrogens is 246 g/mol. The lowest BCUT2D eigenvalue weighted by atomic mass is 10.5. The van der Waals surface area contributed by atoms with E-state index in [1.165, 1.54) is 0 Å². The summed E-state index contributed by atoms with van der Waals surface area (Å²) in [5.74, 6) is 0.545. The van der Waals surface area contributed by atoms with Crippen LogP contribution in [0.5, 0.6) is 0 Å². The fourth-order valence-electron chi connectivity index (χ4n) is 1.08. The fraction of sp³-hybridized carbons (Fsp3) is 0.222. The van der Waals surface area contributed by atoms with Gasteiger partial charge in [-0.15, -0.1) is 11.3 Å². The molecule has 2 rings (SSSR count). The van der Waals surface area contributed by atoms with Gasteiger partial charge in [0.2, 0.25) is 5.95 Å². The van der Waals surface area contributed by atoms with Gasteiger partial charge in [0.15, 0.2) is 5.13 Å². The molecule has 0 aromatic carbocycles. The average Bonchev–Trinajstić information content (AvgIpc) is 2.76. The first-order valence-electron chi connectivity index (χ1n) is 4.61. The molecule has 5 nitrogen and oxygen atoms in total. The van der Waals surface area contributed by atoms with E-state index in [0.29, 0.717) is 17.5 Å². The van der Waals surface area contributed by atoms with Crippen LogP contribution in [0.1, 0.15) is 5.69 Å². The van der Waals surface area contributed by atoms with Gasteiger partial charge in [0.1, 0.15) is 0 Å². The van der Waals surface area contributed by atoms with Crippen LogP contribution in [0.4, 0.5) is 11.1 Å². The third-order valence-corrected chi connectivity index (χ3v) is 2.92. The van der Waals surface area contributed by atoms with Gasteiger partial charge in [-0.05, 0) is 0 Å². The molecule has 0 unspecified atom stereocenters. The molecule has 7 heteroatoms. The van der Waals surface area contributed by atoms with Gasteiger partial charge in [0.05, 0.1) is 29.7 Å². The van der Waals surface area contributed by atoms with E-state index in [9.17, 15) is 0 Å². The number of anilines is 2. The van der Waals surface area contributed by atoms with Crippen molar-refractivity contribution >= 4 is 34.0 Å². The van der Waals surface area contributed by atoms with E-state index in [2.05, 4.69) is 25.6 Å². The van der Waals surface area contributed by atoms with E-state index < -0.39 is 0 Å².